The van der Waals surface area contributed by atoms with Crippen LogP contribution in [0.5, 0.6) is 11.5 Å². The largest absolute Gasteiger partial charge is 0.506 e. The zero-order valence-corrected chi connectivity index (χ0v) is 13.6. The van der Waals surface area contributed by atoms with Crippen molar-refractivity contribution in [3.8, 4) is 11.5 Å². The molecule has 0 aliphatic carbocycles. The third-order valence-electron chi connectivity index (χ3n) is 3.29. The van der Waals surface area contributed by atoms with Crippen LogP contribution in [-0.2, 0) is 11.2 Å². The van der Waals surface area contributed by atoms with Crippen molar-refractivity contribution in [2.75, 3.05) is 7.11 Å². The lowest BCUT2D eigenvalue weighted by atomic mass is 10.0. The lowest BCUT2D eigenvalue weighted by Crippen LogP contribution is -2.03. The van der Waals surface area contributed by atoms with Crippen LogP contribution in [0.2, 0.25) is 5.02 Å². The molecule has 124 valence electrons. The normalized spacial score (nSPS) is 10.8. The van der Waals surface area contributed by atoms with E-state index in [9.17, 15) is 14.7 Å². The molecule has 0 aliphatic rings. The molecule has 0 radical (unpaired) electrons. The number of carboxylic acids is 1. The fourth-order valence-corrected chi connectivity index (χ4v) is 2.34. The number of phenolic OH excluding ortho intramolecular Hbond substituents is 1. The maximum Gasteiger partial charge on any atom is 0.307 e. The number of ketones is 1. The van der Waals surface area contributed by atoms with Gasteiger partial charge in [-0.1, -0.05) is 29.8 Å². The summed E-state index contributed by atoms with van der Waals surface area (Å²) < 4.78 is 5.05. The van der Waals surface area contributed by atoms with Gasteiger partial charge >= 0.3 is 5.97 Å². The first-order valence-electron chi connectivity index (χ1n) is 7.00. The van der Waals surface area contributed by atoms with E-state index < -0.39 is 11.8 Å². The molecule has 2 aromatic carbocycles. The number of carbonyl (C=O) groups excluding carboxylic acids is 1. The van der Waals surface area contributed by atoms with E-state index in [1.54, 1.807) is 37.5 Å². The Kier molecular flexibility index (Phi) is 5.60. The molecule has 0 aliphatic heterocycles. The average molecular weight is 347 g/mol. The molecule has 0 saturated carbocycles. The molecule has 0 aromatic heterocycles. The van der Waals surface area contributed by atoms with Gasteiger partial charge in [0.05, 0.1) is 24.1 Å². The number of carboxylic acid groups (broad SMARTS) is 1. The van der Waals surface area contributed by atoms with Gasteiger partial charge in [0.1, 0.15) is 11.5 Å². The molecule has 6 heteroatoms. The molecule has 5 nitrogen and oxygen atoms in total. The molecule has 0 atom stereocenters. The van der Waals surface area contributed by atoms with Crippen molar-refractivity contribution in [3.63, 3.8) is 0 Å². The van der Waals surface area contributed by atoms with E-state index >= 15 is 0 Å². The van der Waals surface area contributed by atoms with Gasteiger partial charge in [-0.2, -0.15) is 0 Å². The van der Waals surface area contributed by atoms with Crippen LogP contribution in [0.4, 0.5) is 0 Å². The number of methoxy groups -OCH3 is 1. The van der Waals surface area contributed by atoms with E-state index in [2.05, 4.69) is 0 Å². The maximum absolute atomic E-state index is 12.3. The molecular weight excluding hydrogens is 332 g/mol. The van der Waals surface area contributed by atoms with Gasteiger partial charge in [0.2, 0.25) is 0 Å². The molecule has 24 heavy (non-hydrogen) atoms. The van der Waals surface area contributed by atoms with Crippen LogP contribution in [0, 0.1) is 0 Å². The van der Waals surface area contributed by atoms with Crippen molar-refractivity contribution >= 4 is 29.4 Å². The Morgan fingerprint density at radius 1 is 1.21 bits per heavy atom. The molecule has 2 N–H and O–H groups in total. The summed E-state index contributed by atoms with van der Waals surface area (Å²) >= 11 is 5.86. The highest BCUT2D eigenvalue weighted by molar-refractivity contribution is 6.33. The number of aromatic hydroxyl groups is 1. The fraction of sp³-hybridized carbons (Fsp3) is 0.111. The molecule has 0 spiro atoms. The number of rotatable bonds is 6. The highest BCUT2D eigenvalue weighted by Gasteiger charge is 2.15. The Hall–Kier alpha value is -2.79. The molecule has 0 bridgehead atoms. The van der Waals surface area contributed by atoms with E-state index in [0.717, 1.165) is 5.56 Å². The zero-order valence-electron chi connectivity index (χ0n) is 12.8. The maximum atomic E-state index is 12.3. The van der Waals surface area contributed by atoms with E-state index in [1.165, 1.54) is 18.2 Å². The van der Waals surface area contributed by atoms with Crippen LogP contribution in [0.15, 0.2) is 42.5 Å². The second-order valence-corrected chi connectivity index (χ2v) is 5.42. The Balaban J connectivity index is 2.26. The summed E-state index contributed by atoms with van der Waals surface area (Å²) in [5.41, 5.74) is 1.08. The van der Waals surface area contributed by atoms with Crippen molar-refractivity contribution in [2.45, 2.75) is 6.42 Å². The van der Waals surface area contributed by atoms with Gasteiger partial charge < -0.3 is 14.9 Å². The number of aliphatic carboxylic acids is 1. The van der Waals surface area contributed by atoms with Gasteiger partial charge in [-0.15, -0.1) is 0 Å². The van der Waals surface area contributed by atoms with Crippen LogP contribution >= 0.6 is 11.6 Å². The van der Waals surface area contributed by atoms with Crippen LogP contribution in [0.25, 0.3) is 6.08 Å². The van der Waals surface area contributed by atoms with Gasteiger partial charge in [-0.3, -0.25) is 9.59 Å². The average Bonchev–Trinajstić information content (AvgIpc) is 2.55. The lowest BCUT2D eigenvalue weighted by Gasteiger charge is -2.06. The monoisotopic (exact) mass is 346 g/mol. The Bertz CT molecular complexity index is 794. The number of benzene rings is 2. The van der Waals surface area contributed by atoms with Crippen molar-refractivity contribution in [3.05, 3.63) is 64.2 Å². The second kappa shape index (κ2) is 7.66. The Morgan fingerprint density at radius 3 is 2.46 bits per heavy atom. The van der Waals surface area contributed by atoms with Crippen LogP contribution in [-0.4, -0.2) is 29.1 Å². The number of ether oxygens (including phenoxy) is 1. The number of carbonyl (C=O) groups is 2. The number of hydrogen-bond donors (Lipinski definition) is 2. The predicted octanol–water partition coefficient (Wildman–Crippen LogP) is 3.58. The zero-order chi connectivity index (χ0) is 17.7. The summed E-state index contributed by atoms with van der Waals surface area (Å²) in [7, 11) is 1.56. The predicted molar refractivity (Wildman–Crippen MR) is 90.8 cm³/mol. The Morgan fingerprint density at radius 2 is 1.88 bits per heavy atom. The van der Waals surface area contributed by atoms with Crippen LogP contribution in [0.3, 0.4) is 0 Å². The molecule has 0 amide bonds. The van der Waals surface area contributed by atoms with E-state index in [-0.39, 0.29) is 22.8 Å². The fourth-order valence-electron chi connectivity index (χ4n) is 2.10. The number of halogens is 1. The number of hydrogen-bond acceptors (Lipinski definition) is 4. The van der Waals surface area contributed by atoms with E-state index in [0.29, 0.717) is 11.3 Å². The first-order chi connectivity index (χ1) is 11.4. The molecule has 0 unspecified atom stereocenters. The number of phenols is 1. The third-order valence-corrected chi connectivity index (χ3v) is 3.58. The van der Waals surface area contributed by atoms with Gasteiger partial charge in [0.25, 0.3) is 0 Å². The van der Waals surface area contributed by atoms with Crippen molar-refractivity contribution in [1.29, 1.82) is 0 Å². The summed E-state index contributed by atoms with van der Waals surface area (Å²) in [6, 6.07) is 9.72. The minimum atomic E-state index is -1.05. The minimum Gasteiger partial charge on any atom is -0.506 e. The first kappa shape index (κ1) is 17.6. The van der Waals surface area contributed by atoms with Crippen LogP contribution < -0.4 is 4.74 Å². The molecule has 2 aromatic rings. The quantitative estimate of drug-likeness (QED) is 0.617. The smallest absolute Gasteiger partial charge is 0.307 e. The summed E-state index contributed by atoms with van der Waals surface area (Å²) in [5.74, 6) is -1.19. The topological polar surface area (TPSA) is 83.8 Å². The molecule has 0 fully saturated rings. The van der Waals surface area contributed by atoms with Crippen molar-refractivity contribution in [2.24, 2.45) is 0 Å². The van der Waals surface area contributed by atoms with E-state index in [4.69, 9.17) is 21.4 Å². The van der Waals surface area contributed by atoms with E-state index in [1.807, 2.05) is 0 Å². The molecule has 0 saturated heterocycles. The molecule has 2 rings (SSSR count). The standard InChI is InChI=1S/C18H15ClO5/c1-24-13-5-2-11(3-6-13)4-7-16(20)14-8-12(10-17(21)22)9-15(19)18(14)23/h2-9,23H,10H2,1H3,(H,21,22)/b7-4+. The Labute approximate surface area is 143 Å². The van der Waals surface area contributed by atoms with Gasteiger partial charge in [0, 0.05) is 0 Å². The first-order valence-corrected chi connectivity index (χ1v) is 7.38. The van der Waals surface area contributed by atoms with Gasteiger partial charge in [-0.05, 0) is 41.5 Å². The summed E-state index contributed by atoms with van der Waals surface area (Å²) in [6.07, 6.45) is 2.58. The summed E-state index contributed by atoms with van der Waals surface area (Å²) in [4.78, 5) is 23.1. The number of allylic oxidation sites excluding steroid dienone is 1. The van der Waals surface area contributed by atoms with Gasteiger partial charge in [-0.25, -0.2) is 0 Å². The van der Waals surface area contributed by atoms with Crippen molar-refractivity contribution in [1.82, 2.24) is 0 Å². The third kappa shape index (κ3) is 4.36. The summed E-state index contributed by atoms with van der Waals surface area (Å²) in [6.45, 7) is 0. The van der Waals surface area contributed by atoms with Crippen LogP contribution in [0.1, 0.15) is 21.5 Å². The molecular formula is C18H15ClO5. The molecule has 0 heterocycles. The second-order valence-electron chi connectivity index (χ2n) is 5.02. The van der Waals surface area contributed by atoms with Crippen molar-refractivity contribution < 1.29 is 24.5 Å². The minimum absolute atomic E-state index is 0.0384. The highest BCUT2D eigenvalue weighted by atomic mass is 35.5. The van der Waals surface area contributed by atoms with Gasteiger partial charge in [0.15, 0.2) is 5.78 Å². The summed E-state index contributed by atoms with van der Waals surface area (Å²) in [5, 5.41) is 18.7. The lowest BCUT2D eigenvalue weighted by molar-refractivity contribution is -0.136. The highest BCUT2D eigenvalue weighted by Crippen LogP contribution is 2.30. The SMILES string of the molecule is COc1ccc(/C=C/C(=O)c2cc(CC(=O)O)cc(Cl)c2O)cc1.